The molecule has 1 nitrogen and oxygen atoms in total. The van der Waals surface area contributed by atoms with Crippen molar-refractivity contribution < 1.29 is 0 Å². The molecule has 0 aliphatic rings. The molecular weight excluding hydrogens is 158 g/mol. The minimum Gasteiger partial charge on any atom is -0.327 e. The van der Waals surface area contributed by atoms with Gasteiger partial charge in [0.15, 0.2) is 0 Å². The Kier molecular flexibility index (Phi) is 6.97. The zero-order chi connectivity index (χ0) is 10.3. The average Bonchev–Trinajstić information content (AvgIpc) is 2.13. The Labute approximate surface area is 83.4 Å². The summed E-state index contributed by atoms with van der Waals surface area (Å²) in [6.07, 6.45) is 7.06. The van der Waals surface area contributed by atoms with Gasteiger partial charge in [-0.2, -0.15) is 0 Å². The third kappa shape index (κ3) is 5.09. The Morgan fingerprint density at radius 1 is 1.23 bits per heavy atom. The summed E-state index contributed by atoms with van der Waals surface area (Å²) in [6.45, 7) is 8.82. The first-order chi connectivity index (χ1) is 6.15. The lowest BCUT2D eigenvalue weighted by Crippen LogP contribution is -2.27. The molecule has 0 saturated carbocycles. The second-order valence-corrected chi connectivity index (χ2v) is 3.91. The zero-order valence-corrected chi connectivity index (χ0v) is 9.64. The molecule has 0 rings (SSSR count). The van der Waals surface area contributed by atoms with Crippen LogP contribution < -0.4 is 5.73 Å². The maximum Gasteiger partial charge on any atom is 0.00992 e. The molecule has 0 aliphatic heterocycles. The Bertz CT molecular complexity index is 149. The van der Waals surface area contributed by atoms with Crippen LogP contribution in [0.3, 0.4) is 0 Å². The summed E-state index contributed by atoms with van der Waals surface area (Å²) < 4.78 is 0. The van der Waals surface area contributed by atoms with Gasteiger partial charge in [0.2, 0.25) is 0 Å². The molecule has 13 heavy (non-hydrogen) atoms. The normalized spacial score (nSPS) is 17.2. The Morgan fingerprint density at radius 2 is 1.85 bits per heavy atom. The number of hydrogen-bond acceptors (Lipinski definition) is 1. The molecule has 0 radical (unpaired) electrons. The van der Waals surface area contributed by atoms with E-state index in [0.717, 1.165) is 12.8 Å². The Hall–Kier alpha value is -0.300. The van der Waals surface area contributed by atoms with Crippen LogP contribution in [-0.2, 0) is 0 Å². The van der Waals surface area contributed by atoms with Crippen molar-refractivity contribution in [1.29, 1.82) is 0 Å². The molecular formula is C12H25N. The SMILES string of the molecule is CCC/C(C)=C/C(CC)C(N)CC. The van der Waals surface area contributed by atoms with Crippen LogP contribution in [0, 0.1) is 5.92 Å². The van der Waals surface area contributed by atoms with Crippen LogP contribution in [0.15, 0.2) is 11.6 Å². The van der Waals surface area contributed by atoms with E-state index in [9.17, 15) is 0 Å². The highest BCUT2D eigenvalue weighted by molar-refractivity contribution is 5.02. The van der Waals surface area contributed by atoms with Crippen molar-refractivity contribution in [3.63, 3.8) is 0 Å². The van der Waals surface area contributed by atoms with Crippen LogP contribution in [0.4, 0.5) is 0 Å². The van der Waals surface area contributed by atoms with Crippen molar-refractivity contribution in [2.45, 2.75) is 59.4 Å². The minimum atomic E-state index is 0.344. The van der Waals surface area contributed by atoms with E-state index in [-0.39, 0.29) is 0 Å². The average molecular weight is 183 g/mol. The van der Waals surface area contributed by atoms with Crippen LogP contribution in [0.25, 0.3) is 0 Å². The molecule has 0 aromatic carbocycles. The standard InChI is InChI=1S/C12H25N/c1-5-8-10(4)9-11(6-2)12(13)7-3/h9,11-12H,5-8,13H2,1-4H3/b10-9+. The fraction of sp³-hybridized carbons (Fsp3) is 0.833. The van der Waals surface area contributed by atoms with Crippen LogP contribution >= 0.6 is 0 Å². The maximum atomic E-state index is 6.03. The maximum absolute atomic E-state index is 6.03. The quantitative estimate of drug-likeness (QED) is 0.627. The summed E-state index contributed by atoms with van der Waals surface area (Å²) in [4.78, 5) is 0. The van der Waals surface area contributed by atoms with Gasteiger partial charge in [-0.25, -0.2) is 0 Å². The fourth-order valence-electron chi connectivity index (χ4n) is 1.69. The zero-order valence-electron chi connectivity index (χ0n) is 9.64. The Balaban J connectivity index is 4.16. The highest BCUT2D eigenvalue weighted by atomic mass is 14.6. The van der Waals surface area contributed by atoms with Crippen molar-refractivity contribution in [3.05, 3.63) is 11.6 Å². The smallest absolute Gasteiger partial charge is 0.00992 e. The summed E-state index contributed by atoms with van der Waals surface area (Å²) >= 11 is 0. The second-order valence-electron chi connectivity index (χ2n) is 3.91. The van der Waals surface area contributed by atoms with Gasteiger partial charge in [0.25, 0.3) is 0 Å². The molecule has 0 spiro atoms. The van der Waals surface area contributed by atoms with E-state index in [1.165, 1.54) is 18.4 Å². The van der Waals surface area contributed by atoms with Gasteiger partial charge in [0.1, 0.15) is 0 Å². The molecule has 78 valence electrons. The van der Waals surface area contributed by atoms with Gasteiger partial charge < -0.3 is 5.73 Å². The number of hydrogen-bond donors (Lipinski definition) is 1. The molecule has 0 aromatic rings. The summed E-state index contributed by atoms with van der Waals surface area (Å²) in [6, 6.07) is 0.344. The predicted molar refractivity (Wildman–Crippen MR) is 60.7 cm³/mol. The van der Waals surface area contributed by atoms with Crippen LogP contribution in [0.2, 0.25) is 0 Å². The van der Waals surface area contributed by atoms with Gasteiger partial charge in [-0.3, -0.25) is 0 Å². The molecule has 0 aromatic heterocycles. The summed E-state index contributed by atoms with van der Waals surface area (Å²) in [7, 11) is 0. The van der Waals surface area contributed by atoms with Gasteiger partial charge in [-0.05, 0) is 32.1 Å². The van der Waals surface area contributed by atoms with Gasteiger partial charge in [0.05, 0.1) is 0 Å². The van der Waals surface area contributed by atoms with E-state index in [1.54, 1.807) is 0 Å². The predicted octanol–water partition coefficient (Wildman–Crippen LogP) is 3.50. The highest BCUT2D eigenvalue weighted by Gasteiger charge is 2.10. The first kappa shape index (κ1) is 12.7. The summed E-state index contributed by atoms with van der Waals surface area (Å²) in [5, 5.41) is 0. The fourth-order valence-corrected chi connectivity index (χ4v) is 1.69. The van der Waals surface area contributed by atoms with Crippen LogP contribution in [0.1, 0.15) is 53.4 Å². The lowest BCUT2D eigenvalue weighted by Gasteiger charge is -2.18. The number of nitrogens with two attached hydrogens (primary N) is 1. The molecule has 2 atom stereocenters. The van der Waals surface area contributed by atoms with Crippen molar-refractivity contribution in [2.75, 3.05) is 0 Å². The van der Waals surface area contributed by atoms with Gasteiger partial charge in [-0.15, -0.1) is 0 Å². The molecule has 0 bridgehead atoms. The van der Waals surface area contributed by atoms with Crippen molar-refractivity contribution in [1.82, 2.24) is 0 Å². The molecule has 0 saturated heterocycles. The lowest BCUT2D eigenvalue weighted by molar-refractivity contribution is 0.472. The van der Waals surface area contributed by atoms with Gasteiger partial charge in [-0.1, -0.05) is 38.8 Å². The van der Waals surface area contributed by atoms with Crippen molar-refractivity contribution in [3.8, 4) is 0 Å². The molecule has 0 heterocycles. The molecule has 2 unspecified atom stereocenters. The van der Waals surface area contributed by atoms with Crippen LogP contribution in [0.5, 0.6) is 0 Å². The molecule has 0 amide bonds. The molecule has 1 heteroatoms. The van der Waals surface area contributed by atoms with E-state index in [4.69, 9.17) is 5.73 Å². The third-order valence-electron chi connectivity index (χ3n) is 2.64. The molecule has 0 fully saturated rings. The van der Waals surface area contributed by atoms with E-state index >= 15 is 0 Å². The largest absolute Gasteiger partial charge is 0.327 e. The van der Waals surface area contributed by atoms with E-state index in [0.29, 0.717) is 12.0 Å². The molecule has 0 aliphatic carbocycles. The van der Waals surface area contributed by atoms with Crippen molar-refractivity contribution >= 4 is 0 Å². The second kappa shape index (κ2) is 7.14. The molecule has 2 N–H and O–H groups in total. The van der Waals surface area contributed by atoms with E-state index in [1.807, 2.05) is 0 Å². The number of allylic oxidation sites excluding steroid dienone is 1. The van der Waals surface area contributed by atoms with Gasteiger partial charge >= 0.3 is 0 Å². The minimum absolute atomic E-state index is 0.344. The van der Waals surface area contributed by atoms with E-state index < -0.39 is 0 Å². The van der Waals surface area contributed by atoms with E-state index in [2.05, 4.69) is 33.8 Å². The topological polar surface area (TPSA) is 26.0 Å². The van der Waals surface area contributed by atoms with Crippen molar-refractivity contribution in [2.24, 2.45) is 11.7 Å². The Morgan fingerprint density at radius 3 is 2.23 bits per heavy atom. The summed E-state index contributed by atoms with van der Waals surface area (Å²) in [5.41, 5.74) is 7.53. The highest BCUT2D eigenvalue weighted by Crippen LogP contribution is 2.16. The van der Waals surface area contributed by atoms with Gasteiger partial charge in [0, 0.05) is 6.04 Å². The summed E-state index contributed by atoms with van der Waals surface area (Å²) in [5.74, 6) is 0.580. The number of rotatable bonds is 6. The monoisotopic (exact) mass is 183 g/mol. The first-order valence-electron chi connectivity index (χ1n) is 5.58. The lowest BCUT2D eigenvalue weighted by atomic mass is 9.92. The first-order valence-corrected chi connectivity index (χ1v) is 5.58. The van der Waals surface area contributed by atoms with Crippen LogP contribution in [-0.4, -0.2) is 6.04 Å². The third-order valence-corrected chi connectivity index (χ3v) is 2.64.